The molecule has 3 aromatic carbocycles. The SMILES string of the molecule is Cc1ccc(NC(=S)Nc2cccc(SC(C)C(=O)Nc3ccc([N+](=O)[O-])cc3C)c2)cc1. The maximum absolute atomic E-state index is 12.7. The number of benzene rings is 3. The van der Waals surface area contributed by atoms with Gasteiger partial charge in [0.2, 0.25) is 5.91 Å². The molecule has 0 aliphatic carbocycles. The monoisotopic (exact) mass is 480 g/mol. The molecule has 0 spiro atoms. The van der Waals surface area contributed by atoms with Gasteiger partial charge in [0.05, 0.1) is 10.2 Å². The largest absolute Gasteiger partial charge is 0.332 e. The van der Waals surface area contributed by atoms with Crippen LogP contribution in [0.25, 0.3) is 0 Å². The van der Waals surface area contributed by atoms with Crippen LogP contribution >= 0.6 is 24.0 Å². The molecule has 0 aliphatic heterocycles. The number of nitro groups is 1. The lowest BCUT2D eigenvalue weighted by molar-refractivity contribution is -0.384. The Kier molecular flexibility index (Phi) is 8.02. The molecule has 9 heteroatoms. The van der Waals surface area contributed by atoms with Crippen LogP contribution in [0.1, 0.15) is 18.1 Å². The predicted molar refractivity (Wildman–Crippen MR) is 139 cm³/mol. The molecule has 0 saturated carbocycles. The van der Waals surface area contributed by atoms with Crippen molar-refractivity contribution in [3.8, 4) is 0 Å². The quantitative estimate of drug-likeness (QED) is 0.162. The number of non-ortho nitro benzene ring substituents is 1. The molecule has 0 fully saturated rings. The second kappa shape index (κ2) is 10.9. The molecule has 1 unspecified atom stereocenters. The van der Waals surface area contributed by atoms with Crippen LogP contribution in [0, 0.1) is 24.0 Å². The van der Waals surface area contributed by atoms with E-state index in [0.717, 1.165) is 16.3 Å². The normalized spacial score (nSPS) is 11.4. The van der Waals surface area contributed by atoms with Gasteiger partial charge in [-0.1, -0.05) is 23.8 Å². The molecule has 3 N–H and O–H groups in total. The van der Waals surface area contributed by atoms with Gasteiger partial charge in [0.15, 0.2) is 5.11 Å². The van der Waals surface area contributed by atoms with Crippen molar-refractivity contribution in [2.24, 2.45) is 0 Å². The van der Waals surface area contributed by atoms with Crippen molar-refractivity contribution in [2.45, 2.75) is 30.9 Å². The van der Waals surface area contributed by atoms with E-state index in [9.17, 15) is 14.9 Å². The number of hydrogen-bond donors (Lipinski definition) is 3. The lowest BCUT2D eigenvalue weighted by atomic mass is 10.2. The molecule has 7 nitrogen and oxygen atoms in total. The van der Waals surface area contributed by atoms with Crippen LogP contribution in [0.4, 0.5) is 22.7 Å². The summed E-state index contributed by atoms with van der Waals surface area (Å²) in [6, 6.07) is 19.9. The summed E-state index contributed by atoms with van der Waals surface area (Å²) >= 11 is 6.81. The van der Waals surface area contributed by atoms with Gasteiger partial charge in [0.1, 0.15) is 0 Å². The van der Waals surface area contributed by atoms with E-state index in [0.29, 0.717) is 16.4 Å². The number of carbonyl (C=O) groups excluding carboxylic acids is 1. The molecule has 1 amide bonds. The number of carbonyl (C=O) groups is 1. The minimum Gasteiger partial charge on any atom is -0.332 e. The average Bonchev–Trinajstić information content (AvgIpc) is 2.76. The van der Waals surface area contributed by atoms with E-state index in [1.807, 2.05) is 62.4 Å². The highest BCUT2D eigenvalue weighted by molar-refractivity contribution is 8.00. The van der Waals surface area contributed by atoms with Crippen LogP contribution in [-0.4, -0.2) is 21.2 Å². The van der Waals surface area contributed by atoms with Crippen molar-refractivity contribution >= 4 is 57.7 Å². The number of anilines is 3. The fourth-order valence-corrected chi connectivity index (χ4v) is 4.13. The van der Waals surface area contributed by atoms with Gasteiger partial charge in [-0.15, -0.1) is 11.8 Å². The smallest absolute Gasteiger partial charge is 0.269 e. The number of thioether (sulfide) groups is 1. The maximum Gasteiger partial charge on any atom is 0.269 e. The average molecular weight is 481 g/mol. The van der Waals surface area contributed by atoms with Crippen LogP contribution in [0.5, 0.6) is 0 Å². The Balaban J connectivity index is 1.58. The summed E-state index contributed by atoms with van der Waals surface area (Å²) in [7, 11) is 0. The molecule has 0 saturated heterocycles. The molecule has 0 aliphatic rings. The summed E-state index contributed by atoms with van der Waals surface area (Å²) in [5.41, 5.74) is 4.06. The Hall–Kier alpha value is -3.43. The van der Waals surface area contributed by atoms with Crippen molar-refractivity contribution in [3.63, 3.8) is 0 Å². The van der Waals surface area contributed by atoms with Gasteiger partial charge in [0.25, 0.3) is 5.69 Å². The van der Waals surface area contributed by atoms with Crippen LogP contribution < -0.4 is 16.0 Å². The second-order valence-corrected chi connectivity index (χ2v) is 9.30. The molecule has 1 atom stereocenters. The zero-order valence-electron chi connectivity index (χ0n) is 18.4. The molecular weight excluding hydrogens is 456 g/mol. The molecular formula is C24H24N4O3S2. The van der Waals surface area contributed by atoms with Gasteiger partial charge >= 0.3 is 0 Å². The van der Waals surface area contributed by atoms with E-state index in [1.54, 1.807) is 13.0 Å². The Morgan fingerprint density at radius 2 is 1.67 bits per heavy atom. The molecule has 170 valence electrons. The van der Waals surface area contributed by atoms with E-state index in [2.05, 4.69) is 16.0 Å². The first-order chi connectivity index (χ1) is 15.7. The number of thiocarbonyl (C=S) groups is 1. The van der Waals surface area contributed by atoms with Crippen molar-refractivity contribution in [2.75, 3.05) is 16.0 Å². The highest BCUT2D eigenvalue weighted by Crippen LogP contribution is 2.28. The summed E-state index contributed by atoms with van der Waals surface area (Å²) in [4.78, 5) is 24.0. The zero-order chi connectivity index (χ0) is 24.0. The number of aryl methyl sites for hydroxylation is 2. The second-order valence-electron chi connectivity index (χ2n) is 7.48. The standard InChI is InChI=1S/C24H24N4O3S2/c1-15-7-9-18(10-8-15)25-24(32)26-19-5-4-6-21(14-19)33-17(3)23(29)27-22-12-11-20(28(30)31)13-16(22)2/h4-14,17H,1-3H3,(H,27,29)(H2,25,26,32). The van der Waals surface area contributed by atoms with Crippen LogP contribution in [0.15, 0.2) is 71.6 Å². The predicted octanol–water partition coefficient (Wildman–Crippen LogP) is 6.14. The minimum absolute atomic E-state index is 0.00739. The van der Waals surface area contributed by atoms with Crippen LogP contribution in [-0.2, 0) is 4.79 Å². The first kappa shape index (κ1) is 24.2. The summed E-state index contributed by atoms with van der Waals surface area (Å²) in [5, 5.41) is 20.1. The number of nitro benzene ring substituents is 1. The van der Waals surface area contributed by atoms with Crippen molar-refractivity contribution < 1.29 is 9.72 Å². The lowest BCUT2D eigenvalue weighted by Crippen LogP contribution is -2.23. The number of hydrogen-bond acceptors (Lipinski definition) is 5. The molecule has 33 heavy (non-hydrogen) atoms. The number of rotatable bonds is 7. The van der Waals surface area contributed by atoms with Gasteiger partial charge < -0.3 is 16.0 Å². The summed E-state index contributed by atoms with van der Waals surface area (Å²) in [6.45, 7) is 5.56. The van der Waals surface area contributed by atoms with Gasteiger partial charge in [-0.25, -0.2) is 0 Å². The number of amides is 1. The van der Waals surface area contributed by atoms with E-state index >= 15 is 0 Å². The van der Waals surface area contributed by atoms with Crippen LogP contribution in [0.2, 0.25) is 0 Å². The van der Waals surface area contributed by atoms with E-state index in [-0.39, 0.29) is 16.8 Å². The Labute approximate surface area is 202 Å². The molecule has 3 rings (SSSR count). The number of nitrogens with zero attached hydrogens (tertiary/aromatic N) is 1. The maximum atomic E-state index is 12.7. The highest BCUT2D eigenvalue weighted by Gasteiger charge is 2.17. The fraction of sp³-hybridized carbons (Fsp3) is 0.167. The minimum atomic E-state index is -0.458. The highest BCUT2D eigenvalue weighted by atomic mass is 32.2. The Morgan fingerprint density at radius 1 is 0.970 bits per heavy atom. The third-order valence-electron chi connectivity index (χ3n) is 4.76. The third kappa shape index (κ3) is 7.03. The molecule has 0 aromatic heterocycles. The van der Waals surface area contributed by atoms with Gasteiger partial charge in [0, 0.05) is 34.1 Å². The first-order valence-electron chi connectivity index (χ1n) is 10.2. The Morgan fingerprint density at radius 3 is 2.33 bits per heavy atom. The van der Waals surface area contributed by atoms with Gasteiger partial charge in [-0.3, -0.25) is 14.9 Å². The third-order valence-corrected chi connectivity index (χ3v) is 6.06. The fourth-order valence-electron chi connectivity index (χ4n) is 2.97. The van der Waals surface area contributed by atoms with Crippen molar-refractivity contribution in [1.29, 1.82) is 0 Å². The first-order valence-corrected chi connectivity index (χ1v) is 11.5. The van der Waals surface area contributed by atoms with Gasteiger partial charge in [-0.2, -0.15) is 0 Å². The molecule has 3 aromatic rings. The lowest BCUT2D eigenvalue weighted by Gasteiger charge is -2.15. The van der Waals surface area contributed by atoms with E-state index < -0.39 is 4.92 Å². The van der Waals surface area contributed by atoms with E-state index in [1.165, 1.54) is 29.5 Å². The molecule has 0 bridgehead atoms. The topological polar surface area (TPSA) is 96.3 Å². The number of nitrogens with one attached hydrogen (secondary N) is 3. The molecule has 0 heterocycles. The van der Waals surface area contributed by atoms with Crippen molar-refractivity contribution in [1.82, 2.24) is 0 Å². The van der Waals surface area contributed by atoms with Crippen LogP contribution in [0.3, 0.4) is 0 Å². The van der Waals surface area contributed by atoms with Crippen molar-refractivity contribution in [3.05, 3.63) is 88.0 Å². The summed E-state index contributed by atoms with van der Waals surface area (Å²) in [5.74, 6) is -0.188. The Bertz CT molecular complexity index is 1180. The van der Waals surface area contributed by atoms with E-state index in [4.69, 9.17) is 12.2 Å². The summed E-state index contributed by atoms with van der Waals surface area (Å²) < 4.78 is 0. The molecule has 0 radical (unpaired) electrons. The van der Waals surface area contributed by atoms with Gasteiger partial charge in [-0.05, 0) is 75.0 Å². The summed E-state index contributed by atoms with van der Waals surface area (Å²) in [6.07, 6.45) is 0. The zero-order valence-corrected chi connectivity index (χ0v) is 20.0.